The van der Waals surface area contributed by atoms with Gasteiger partial charge in [0.05, 0.1) is 49.2 Å². The van der Waals surface area contributed by atoms with E-state index in [2.05, 4.69) is 21.3 Å². The standard InChI is InChI=1S/C57H92N10O11/c1-12-37(5)50(56(78)65(10)38(6)53(75)67-28-24-43(67)45(68)23-27-59-41(55(77)64(9)34-49(72)73)30-39-21-19-36(4)20-22-39)62-52(74)44(29-35(2)3)66(11)48(71)31-42(54(76)63(7)8)60-32-46(69)51(40-17-13-14-18-40)61-33-47(70)57(58)25-15-16-26-57/h19-22,35,37-38,40-44,50-51,59-61H,12-18,23-34,58H2,1-11H3,(H,62,74)(H,72,73)/t37-,38-,41-,42-,43-,44-,50-,51-/m0/s1. The average Bonchev–Trinajstić information content (AvgIpc) is 4.10. The van der Waals surface area contributed by atoms with Crippen molar-refractivity contribution in [2.75, 3.05) is 68.0 Å². The van der Waals surface area contributed by atoms with Crippen LogP contribution in [-0.4, -0.2) is 204 Å². The molecule has 1 aliphatic heterocycles. The van der Waals surface area contributed by atoms with Crippen LogP contribution in [0.5, 0.6) is 0 Å². The van der Waals surface area contributed by atoms with Gasteiger partial charge in [0, 0.05) is 54.7 Å². The number of rotatable bonds is 32. The van der Waals surface area contributed by atoms with Crippen molar-refractivity contribution in [2.45, 2.75) is 179 Å². The number of carbonyl (C=O) groups excluding carboxylic acids is 9. The lowest BCUT2D eigenvalue weighted by atomic mass is 9.91. The van der Waals surface area contributed by atoms with E-state index in [1.54, 1.807) is 27.9 Å². The Hall–Kier alpha value is -5.64. The summed E-state index contributed by atoms with van der Waals surface area (Å²) in [6, 6.07) is 1.06. The third-order valence-electron chi connectivity index (χ3n) is 16.4. The third kappa shape index (κ3) is 17.9. The van der Waals surface area contributed by atoms with Crippen LogP contribution in [0.15, 0.2) is 24.3 Å². The highest BCUT2D eigenvalue weighted by Gasteiger charge is 2.43. The maximum Gasteiger partial charge on any atom is 0.323 e. The van der Waals surface area contributed by atoms with Crippen LogP contribution in [0.25, 0.3) is 0 Å². The number of hydrogen-bond donors (Lipinski definition) is 6. The van der Waals surface area contributed by atoms with Gasteiger partial charge in [0.2, 0.25) is 35.4 Å². The van der Waals surface area contributed by atoms with Gasteiger partial charge in [-0.2, -0.15) is 0 Å². The zero-order valence-electron chi connectivity index (χ0n) is 48.4. The number of hydrogen-bond acceptors (Lipinski definition) is 14. The zero-order valence-corrected chi connectivity index (χ0v) is 48.4. The van der Waals surface area contributed by atoms with Gasteiger partial charge in [-0.3, -0.25) is 53.3 Å². The van der Waals surface area contributed by atoms with Gasteiger partial charge in [0.1, 0.15) is 24.7 Å². The summed E-state index contributed by atoms with van der Waals surface area (Å²) in [5, 5.41) is 21.6. The second kappa shape index (κ2) is 30.1. The molecule has 1 aromatic carbocycles. The topological polar surface area (TPSA) is 281 Å². The van der Waals surface area contributed by atoms with Gasteiger partial charge in [-0.15, -0.1) is 0 Å². The maximum absolute atomic E-state index is 14.5. The molecule has 0 aromatic heterocycles. The van der Waals surface area contributed by atoms with E-state index in [0.29, 0.717) is 25.7 Å². The number of aryl methyl sites for hydroxylation is 1. The zero-order chi connectivity index (χ0) is 58.2. The van der Waals surface area contributed by atoms with Crippen molar-refractivity contribution < 1.29 is 53.1 Å². The number of aliphatic carboxylic acids is 1. The number of likely N-dealkylation sites (N-methyl/N-ethyl adjacent to an activating group) is 4. The number of nitrogens with one attached hydrogen (secondary N) is 4. The molecule has 78 heavy (non-hydrogen) atoms. The van der Waals surface area contributed by atoms with Gasteiger partial charge >= 0.3 is 5.97 Å². The Morgan fingerprint density at radius 3 is 1.96 bits per heavy atom. The summed E-state index contributed by atoms with van der Waals surface area (Å²) < 4.78 is 0. The Labute approximate surface area is 462 Å². The third-order valence-corrected chi connectivity index (χ3v) is 16.4. The van der Waals surface area contributed by atoms with Crippen molar-refractivity contribution >= 4 is 58.8 Å². The Morgan fingerprint density at radius 2 is 1.41 bits per heavy atom. The lowest BCUT2D eigenvalue weighted by Crippen LogP contribution is -2.62. The Morgan fingerprint density at radius 1 is 0.782 bits per heavy atom. The molecular weight excluding hydrogens is 1000 g/mol. The fourth-order valence-corrected chi connectivity index (χ4v) is 10.8. The molecule has 0 spiro atoms. The molecule has 7 N–H and O–H groups in total. The fraction of sp³-hybridized carbons (Fsp3) is 0.719. The predicted octanol–water partition coefficient (Wildman–Crippen LogP) is 1.84. The van der Waals surface area contributed by atoms with E-state index < -0.39 is 102 Å². The number of ketones is 3. The second-order valence-corrected chi connectivity index (χ2v) is 23.0. The molecule has 3 fully saturated rings. The molecule has 2 saturated carbocycles. The van der Waals surface area contributed by atoms with E-state index >= 15 is 0 Å². The molecule has 2 aliphatic carbocycles. The summed E-state index contributed by atoms with van der Waals surface area (Å²) in [4.78, 5) is 143. The molecule has 21 nitrogen and oxygen atoms in total. The molecule has 4 rings (SSSR count). The molecular formula is C57H92N10O11. The van der Waals surface area contributed by atoms with Gasteiger partial charge in [-0.1, -0.05) is 89.6 Å². The van der Waals surface area contributed by atoms with Gasteiger partial charge in [-0.25, -0.2) is 0 Å². The molecule has 8 atom stereocenters. The number of Topliss-reactive ketones (excluding diaryl/α,β-unsaturated/α-hetero) is 3. The Bertz CT molecular complexity index is 2260. The van der Waals surface area contributed by atoms with E-state index in [1.807, 2.05) is 52.0 Å². The summed E-state index contributed by atoms with van der Waals surface area (Å²) in [5.74, 6) is -5.27. The number of amides is 6. The molecule has 1 heterocycles. The summed E-state index contributed by atoms with van der Waals surface area (Å²) in [7, 11) is 7.44. The predicted molar refractivity (Wildman–Crippen MR) is 296 cm³/mol. The summed E-state index contributed by atoms with van der Waals surface area (Å²) >= 11 is 0. The molecule has 1 saturated heterocycles. The number of carboxylic acids is 1. The first kappa shape index (κ1) is 64.9. The molecule has 0 unspecified atom stereocenters. The normalized spacial score (nSPS) is 18.8. The van der Waals surface area contributed by atoms with Gasteiger partial charge in [0.15, 0.2) is 17.3 Å². The molecule has 0 radical (unpaired) electrons. The van der Waals surface area contributed by atoms with Gasteiger partial charge in [0.25, 0.3) is 0 Å². The molecule has 6 amide bonds. The number of likely N-dealkylation sites (tertiary alicyclic amines) is 1. The number of carboxylic acid groups (broad SMARTS) is 1. The second-order valence-electron chi connectivity index (χ2n) is 23.0. The number of nitrogens with zero attached hydrogens (tertiary/aromatic N) is 5. The number of benzene rings is 1. The van der Waals surface area contributed by atoms with Crippen LogP contribution in [0, 0.1) is 24.7 Å². The first-order chi connectivity index (χ1) is 36.7. The van der Waals surface area contributed by atoms with Crippen molar-refractivity contribution in [3.63, 3.8) is 0 Å². The van der Waals surface area contributed by atoms with Crippen LogP contribution in [0.4, 0.5) is 0 Å². The van der Waals surface area contributed by atoms with E-state index in [-0.39, 0.29) is 81.0 Å². The van der Waals surface area contributed by atoms with E-state index in [0.717, 1.165) is 54.6 Å². The van der Waals surface area contributed by atoms with Crippen molar-refractivity contribution in [1.82, 2.24) is 45.8 Å². The minimum Gasteiger partial charge on any atom is -0.480 e. The van der Waals surface area contributed by atoms with E-state index in [4.69, 9.17) is 5.73 Å². The molecule has 0 bridgehead atoms. The first-order valence-corrected chi connectivity index (χ1v) is 28.1. The smallest absolute Gasteiger partial charge is 0.323 e. The van der Waals surface area contributed by atoms with Crippen molar-refractivity contribution in [3.05, 3.63) is 35.4 Å². The highest BCUT2D eigenvalue weighted by molar-refractivity contribution is 5.97. The lowest BCUT2D eigenvalue weighted by molar-refractivity contribution is -0.154. The fourth-order valence-electron chi connectivity index (χ4n) is 10.8. The Balaban J connectivity index is 1.41. The quantitative estimate of drug-likeness (QED) is 0.0601. The van der Waals surface area contributed by atoms with Crippen LogP contribution in [0.3, 0.4) is 0 Å². The minimum absolute atomic E-state index is 0.00617. The van der Waals surface area contributed by atoms with Crippen LogP contribution in [-0.2, 0) is 54.4 Å². The molecule has 1 aromatic rings. The highest BCUT2D eigenvalue weighted by Crippen LogP contribution is 2.30. The first-order valence-electron chi connectivity index (χ1n) is 28.1. The lowest BCUT2D eigenvalue weighted by Gasteiger charge is -2.43. The summed E-state index contributed by atoms with van der Waals surface area (Å²) in [6.45, 7) is 10.6. The van der Waals surface area contributed by atoms with Crippen LogP contribution in [0.2, 0.25) is 0 Å². The van der Waals surface area contributed by atoms with Gasteiger partial charge < -0.3 is 51.3 Å². The highest BCUT2D eigenvalue weighted by atomic mass is 16.4. The number of carbonyl (C=O) groups is 10. The minimum atomic E-state index is -1.16. The largest absolute Gasteiger partial charge is 0.480 e. The van der Waals surface area contributed by atoms with Crippen molar-refractivity contribution in [1.29, 1.82) is 0 Å². The van der Waals surface area contributed by atoms with Crippen molar-refractivity contribution in [2.24, 2.45) is 23.5 Å². The van der Waals surface area contributed by atoms with Gasteiger partial charge in [-0.05, 0) is 82.1 Å². The van der Waals surface area contributed by atoms with Crippen molar-refractivity contribution in [3.8, 4) is 0 Å². The van der Waals surface area contributed by atoms with Crippen LogP contribution in [0.1, 0.15) is 129 Å². The maximum atomic E-state index is 14.5. The monoisotopic (exact) mass is 1090 g/mol. The molecule has 21 heteroatoms. The molecule has 3 aliphatic rings. The summed E-state index contributed by atoms with van der Waals surface area (Å²) in [5.41, 5.74) is 7.43. The van der Waals surface area contributed by atoms with E-state index in [1.165, 1.54) is 40.7 Å². The van der Waals surface area contributed by atoms with Crippen LogP contribution < -0.4 is 27.0 Å². The summed E-state index contributed by atoms with van der Waals surface area (Å²) in [6.07, 6.45) is 7.49. The number of nitrogens with two attached hydrogens (primary N) is 1. The van der Waals surface area contributed by atoms with E-state index in [9.17, 15) is 53.1 Å². The Kier molecular flexibility index (Phi) is 25.0. The average molecular weight is 1090 g/mol. The SMILES string of the molecule is CC[C@H](C)[C@H](NC(=O)[C@H](CC(C)C)N(C)C(=O)C[C@H](NCC(=O)[C@@H](NCC(=O)C1(N)CCCC1)C1CCCC1)C(=O)N(C)C)C(=O)N(C)[C@@H](C)C(=O)N1CC[C@H]1C(=O)CCN[C@@H](Cc1ccc(C)cc1)C(=O)N(C)CC(=O)O. The molecule has 436 valence electrons. The van der Waals surface area contributed by atoms with Crippen LogP contribution >= 0.6 is 0 Å².